The van der Waals surface area contributed by atoms with Crippen molar-refractivity contribution in [2.24, 2.45) is 11.0 Å². The van der Waals surface area contributed by atoms with Crippen molar-refractivity contribution >= 4 is 18.1 Å². The summed E-state index contributed by atoms with van der Waals surface area (Å²) in [5, 5.41) is 10.9. The van der Waals surface area contributed by atoms with E-state index in [-0.39, 0.29) is 5.69 Å². The second-order valence-electron chi connectivity index (χ2n) is 7.53. The van der Waals surface area contributed by atoms with Crippen LogP contribution in [0.5, 0.6) is 5.75 Å². The predicted molar refractivity (Wildman–Crippen MR) is 122 cm³/mol. The fourth-order valence-electron chi connectivity index (χ4n) is 2.77. The van der Waals surface area contributed by atoms with E-state index in [0.717, 1.165) is 23.3 Å². The van der Waals surface area contributed by atoms with E-state index in [4.69, 9.17) is 4.74 Å². The standard InChI is InChI=1S/C24H26N4O4/c1-16(2)12-13-32-20-10-8-18(9-11-20)21-14-22(27-26-21)23(29)28-25-15-17-4-6-19(7-5-17)24(30)31-3/h4-11,14-16H,12-13H2,1-3H3,(H,26,27)(H,28,29)/b25-15+. The second kappa shape index (κ2) is 10.9. The molecule has 1 heterocycles. The third-order valence-corrected chi connectivity index (χ3v) is 4.65. The molecule has 166 valence electrons. The van der Waals surface area contributed by atoms with E-state index in [1.165, 1.54) is 13.3 Å². The molecule has 0 spiro atoms. The second-order valence-corrected chi connectivity index (χ2v) is 7.53. The van der Waals surface area contributed by atoms with Gasteiger partial charge in [0.15, 0.2) is 0 Å². The summed E-state index contributed by atoms with van der Waals surface area (Å²) < 4.78 is 10.4. The Balaban J connectivity index is 1.55. The predicted octanol–water partition coefficient (Wildman–Crippen LogP) is 4.05. The molecule has 0 unspecified atom stereocenters. The van der Waals surface area contributed by atoms with Gasteiger partial charge < -0.3 is 9.47 Å². The number of hydrogen-bond donors (Lipinski definition) is 2. The number of carbonyl (C=O) groups excluding carboxylic acids is 2. The zero-order valence-electron chi connectivity index (χ0n) is 18.3. The van der Waals surface area contributed by atoms with Crippen LogP contribution in [0.15, 0.2) is 59.7 Å². The average Bonchev–Trinajstić information content (AvgIpc) is 3.30. The molecule has 0 atom stereocenters. The first-order valence-corrected chi connectivity index (χ1v) is 10.3. The molecule has 1 amide bonds. The first kappa shape index (κ1) is 22.7. The Morgan fingerprint density at radius 3 is 2.50 bits per heavy atom. The molecule has 0 fully saturated rings. The lowest BCUT2D eigenvalue weighted by Crippen LogP contribution is -2.18. The normalized spacial score (nSPS) is 11.0. The molecule has 0 aliphatic heterocycles. The van der Waals surface area contributed by atoms with E-state index in [2.05, 4.69) is 39.3 Å². The fraction of sp³-hybridized carbons (Fsp3) is 0.250. The molecule has 8 heteroatoms. The van der Waals surface area contributed by atoms with Gasteiger partial charge in [-0.2, -0.15) is 10.2 Å². The molecule has 0 aliphatic carbocycles. The van der Waals surface area contributed by atoms with Gasteiger partial charge in [-0.3, -0.25) is 9.89 Å². The number of ether oxygens (including phenoxy) is 2. The van der Waals surface area contributed by atoms with Crippen LogP contribution < -0.4 is 10.2 Å². The van der Waals surface area contributed by atoms with Gasteiger partial charge in [0.2, 0.25) is 0 Å². The fourth-order valence-corrected chi connectivity index (χ4v) is 2.77. The van der Waals surface area contributed by atoms with Crippen molar-refractivity contribution in [2.45, 2.75) is 20.3 Å². The van der Waals surface area contributed by atoms with Crippen LogP contribution in [0.1, 0.15) is 46.7 Å². The van der Waals surface area contributed by atoms with Gasteiger partial charge in [-0.05, 0) is 60.4 Å². The molecule has 2 N–H and O–H groups in total. The summed E-state index contributed by atoms with van der Waals surface area (Å²) in [4.78, 5) is 23.8. The summed E-state index contributed by atoms with van der Waals surface area (Å²) in [7, 11) is 1.33. The summed E-state index contributed by atoms with van der Waals surface area (Å²) in [5.74, 6) is 0.571. The van der Waals surface area contributed by atoms with Gasteiger partial charge in [0.05, 0.1) is 31.2 Å². The van der Waals surface area contributed by atoms with E-state index in [0.29, 0.717) is 23.8 Å². The Morgan fingerprint density at radius 1 is 1.12 bits per heavy atom. The van der Waals surface area contributed by atoms with Crippen LogP contribution >= 0.6 is 0 Å². The zero-order chi connectivity index (χ0) is 22.9. The summed E-state index contributed by atoms with van der Waals surface area (Å²) in [6, 6.07) is 15.9. The molecule has 0 bridgehead atoms. The Hall–Kier alpha value is -3.94. The van der Waals surface area contributed by atoms with Gasteiger partial charge >= 0.3 is 5.97 Å². The molecule has 0 saturated heterocycles. The number of rotatable bonds is 9. The lowest BCUT2D eigenvalue weighted by Gasteiger charge is -2.08. The van der Waals surface area contributed by atoms with Crippen molar-refractivity contribution < 1.29 is 19.1 Å². The first-order valence-electron chi connectivity index (χ1n) is 10.3. The SMILES string of the molecule is COC(=O)c1ccc(/C=N/NC(=O)c2cc(-c3ccc(OCCC(C)C)cc3)n[nH]2)cc1. The summed E-state index contributed by atoms with van der Waals surface area (Å²) in [5.41, 5.74) is 5.41. The lowest BCUT2D eigenvalue weighted by atomic mass is 10.1. The van der Waals surface area contributed by atoms with Gasteiger partial charge in [-0.15, -0.1) is 0 Å². The highest BCUT2D eigenvalue weighted by Gasteiger charge is 2.11. The maximum absolute atomic E-state index is 12.3. The molecule has 8 nitrogen and oxygen atoms in total. The van der Waals surface area contributed by atoms with E-state index in [1.807, 2.05) is 24.3 Å². The Bertz CT molecular complexity index is 1070. The van der Waals surface area contributed by atoms with Crippen molar-refractivity contribution in [2.75, 3.05) is 13.7 Å². The summed E-state index contributed by atoms with van der Waals surface area (Å²) in [6.07, 6.45) is 2.48. The number of H-pyrrole nitrogens is 1. The van der Waals surface area contributed by atoms with Gasteiger partial charge in [0, 0.05) is 5.56 Å². The van der Waals surface area contributed by atoms with Crippen molar-refractivity contribution in [1.29, 1.82) is 0 Å². The number of esters is 1. The van der Waals surface area contributed by atoms with Gasteiger partial charge in [-0.1, -0.05) is 26.0 Å². The van der Waals surface area contributed by atoms with Crippen molar-refractivity contribution in [3.8, 4) is 17.0 Å². The molecule has 0 aliphatic rings. The first-order chi connectivity index (χ1) is 15.5. The van der Waals surface area contributed by atoms with Crippen LogP contribution in [0.4, 0.5) is 0 Å². The monoisotopic (exact) mass is 434 g/mol. The zero-order valence-corrected chi connectivity index (χ0v) is 18.3. The highest BCUT2D eigenvalue weighted by molar-refractivity contribution is 5.94. The number of aromatic amines is 1. The summed E-state index contributed by atoms with van der Waals surface area (Å²) in [6.45, 7) is 5.00. The number of nitrogens with zero attached hydrogens (tertiary/aromatic N) is 2. The lowest BCUT2D eigenvalue weighted by molar-refractivity contribution is 0.0600. The summed E-state index contributed by atoms with van der Waals surface area (Å²) >= 11 is 0. The van der Waals surface area contributed by atoms with Crippen LogP contribution in [0, 0.1) is 5.92 Å². The maximum Gasteiger partial charge on any atom is 0.337 e. The highest BCUT2D eigenvalue weighted by Crippen LogP contribution is 2.21. The smallest absolute Gasteiger partial charge is 0.337 e. The largest absolute Gasteiger partial charge is 0.494 e. The minimum Gasteiger partial charge on any atom is -0.494 e. The molecular weight excluding hydrogens is 408 g/mol. The van der Waals surface area contributed by atoms with E-state index in [9.17, 15) is 9.59 Å². The highest BCUT2D eigenvalue weighted by atomic mass is 16.5. The third-order valence-electron chi connectivity index (χ3n) is 4.65. The molecule has 2 aromatic carbocycles. The molecule has 0 radical (unpaired) electrons. The number of carbonyl (C=O) groups is 2. The van der Waals surface area contributed by atoms with Crippen molar-refractivity contribution in [1.82, 2.24) is 15.6 Å². The third kappa shape index (κ3) is 6.28. The van der Waals surface area contributed by atoms with Crippen LogP contribution in [0.25, 0.3) is 11.3 Å². The number of hydrogen-bond acceptors (Lipinski definition) is 6. The van der Waals surface area contributed by atoms with Gasteiger partial charge in [0.1, 0.15) is 11.4 Å². The van der Waals surface area contributed by atoms with E-state index >= 15 is 0 Å². The number of aromatic nitrogens is 2. The number of hydrazone groups is 1. The molecule has 3 aromatic rings. The van der Waals surface area contributed by atoms with Crippen LogP contribution in [-0.2, 0) is 4.74 Å². The van der Waals surface area contributed by atoms with Crippen molar-refractivity contribution in [3.05, 3.63) is 71.4 Å². The van der Waals surface area contributed by atoms with Crippen molar-refractivity contribution in [3.63, 3.8) is 0 Å². The molecule has 32 heavy (non-hydrogen) atoms. The quantitative estimate of drug-likeness (QED) is 0.300. The minimum absolute atomic E-state index is 0.287. The number of nitrogens with one attached hydrogen (secondary N) is 2. The van der Waals surface area contributed by atoms with Crippen LogP contribution in [0.2, 0.25) is 0 Å². The number of amides is 1. The van der Waals surface area contributed by atoms with E-state index in [1.54, 1.807) is 30.3 Å². The molecular formula is C24H26N4O4. The van der Waals surface area contributed by atoms with Crippen LogP contribution in [-0.4, -0.2) is 42.0 Å². The average molecular weight is 434 g/mol. The maximum atomic E-state index is 12.3. The minimum atomic E-state index is -0.417. The van der Waals surface area contributed by atoms with Gasteiger partial charge in [-0.25, -0.2) is 10.2 Å². The van der Waals surface area contributed by atoms with E-state index < -0.39 is 11.9 Å². The molecule has 0 saturated carbocycles. The molecule has 1 aromatic heterocycles. The number of benzene rings is 2. The van der Waals surface area contributed by atoms with Gasteiger partial charge in [0.25, 0.3) is 5.91 Å². The Labute approximate surface area is 186 Å². The Morgan fingerprint density at radius 2 is 1.84 bits per heavy atom. The van der Waals surface area contributed by atoms with Crippen LogP contribution in [0.3, 0.4) is 0 Å². The molecule has 3 rings (SSSR count). The Kier molecular flexibility index (Phi) is 7.75. The number of methoxy groups -OCH3 is 1. The topological polar surface area (TPSA) is 106 Å².